The van der Waals surface area contributed by atoms with Crippen molar-refractivity contribution in [3.8, 4) is 0 Å². The van der Waals surface area contributed by atoms with Crippen molar-refractivity contribution in [2.75, 3.05) is 0 Å². The maximum absolute atomic E-state index is 12.1. The van der Waals surface area contributed by atoms with Crippen LogP contribution in [0, 0.1) is 0 Å². The molecule has 0 atom stereocenters. The minimum Gasteiger partial charge on any atom is -0.453 e. The largest absolute Gasteiger partial charge is 0.453 e. The Morgan fingerprint density at radius 2 is 1.76 bits per heavy atom. The molecule has 0 saturated heterocycles. The summed E-state index contributed by atoms with van der Waals surface area (Å²) in [6.45, 7) is 2.22. The van der Waals surface area contributed by atoms with Gasteiger partial charge in [-0.15, -0.1) is 0 Å². The van der Waals surface area contributed by atoms with Gasteiger partial charge in [-0.2, -0.15) is 0 Å². The van der Waals surface area contributed by atoms with E-state index in [1.807, 2.05) is 12.1 Å². The normalized spacial score (nSPS) is 11.1. The van der Waals surface area contributed by atoms with Crippen LogP contribution in [-0.4, -0.2) is 5.78 Å². The lowest BCUT2D eigenvalue weighted by Gasteiger charge is -2.00. The third-order valence-electron chi connectivity index (χ3n) is 3.76. The topological polar surface area (TPSA) is 30.2 Å². The number of unbranched alkanes of at least 4 members (excludes halogenated alkanes) is 6. The van der Waals surface area contributed by atoms with Crippen LogP contribution in [0.3, 0.4) is 0 Å². The molecule has 0 aliphatic heterocycles. The minimum absolute atomic E-state index is 0.0934. The Bertz CT molecular complexity index is 586. The summed E-state index contributed by atoms with van der Waals surface area (Å²) in [7, 11) is 0. The van der Waals surface area contributed by atoms with Crippen LogP contribution in [0.15, 0.2) is 28.7 Å². The van der Waals surface area contributed by atoms with E-state index in [0.29, 0.717) is 17.2 Å². The van der Waals surface area contributed by atoms with E-state index in [4.69, 9.17) is 16.0 Å². The molecule has 3 heteroatoms. The van der Waals surface area contributed by atoms with Gasteiger partial charge in [-0.3, -0.25) is 4.79 Å². The number of ketones is 1. The van der Waals surface area contributed by atoms with Crippen molar-refractivity contribution in [1.82, 2.24) is 0 Å². The van der Waals surface area contributed by atoms with Crippen LogP contribution in [0.4, 0.5) is 0 Å². The van der Waals surface area contributed by atoms with Crippen molar-refractivity contribution in [3.05, 3.63) is 35.0 Å². The number of furan rings is 1. The maximum atomic E-state index is 12.1. The van der Waals surface area contributed by atoms with Crippen LogP contribution >= 0.6 is 11.6 Å². The first-order chi connectivity index (χ1) is 10.2. The van der Waals surface area contributed by atoms with E-state index < -0.39 is 0 Å². The van der Waals surface area contributed by atoms with Crippen LogP contribution < -0.4 is 0 Å². The van der Waals surface area contributed by atoms with Gasteiger partial charge in [-0.05, 0) is 30.7 Å². The average Bonchev–Trinajstić information content (AvgIpc) is 2.89. The standard InChI is InChI=1S/C18H23ClO2/c1-2-3-4-5-6-7-8-9-16(20)18-13-14-12-15(19)10-11-17(14)21-18/h10-13H,2-9H2,1H3. The molecular formula is C18H23ClO2. The lowest BCUT2D eigenvalue weighted by molar-refractivity contribution is 0.0954. The third kappa shape index (κ3) is 4.89. The Kier molecular flexibility index (Phi) is 6.31. The monoisotopic (exact) mass is 306 g/mol. The van der Waals surface area contributed by atoms with Crippen molar-refractivity contribution < 1.29 is 9.21 Å². The molecule has 2 aromatic rings. The van der Waals surface area contributed by atoms with Crippen LogP contribution in [-0.2, 0) is 0 Å². The number of fused-ring (bicyclic) bond motifs is 1. The first kappa shape index (κ1) is 16.1. The molecule has 0 N–H and O–H groups in total. The Morgan fingerprint density at radius 1 is 1.05 bits per heavy atom. The van der Waals surface area contributed by atoms with Gasteiger partial charge in [-0.1, -0.05) is 57.0 Å². The molecule has 0 unspecified atom stereocenters. The van der Waals surface area contributed by atoms with Gasteiger partial charge in [0.25, 0.3) is 0 Å². The lowest BCUT2D eigenvalue weighted by atomic mass is 10.1. The van der Waals surface area contributed by atoms with Gasteiger partial charge < -0.3 is 4.42 Å². The Balaban J connectivity index is 1.77. The number of carbonyl (C=O) groups is 1. The first-order valence-corrected chi connectivity index (χ1v) is 8.31. The molecule has 1 heterocycles. The molecule has 114 valence electrons. The lowest BCUT2D eigenvalue weighted by Crippen LogP contribution is -1.96. The highest BCUT2D eigenvalue weighted by molar-refractivity contribution is 6.31. The summed E-state index contributed by atoms with van der Waals surface area (Å²) >= 11 is 5.94. The summed E-state index contributed by atoms with van der Waals surface area (Å²) in [5, 5.41) is 1.56. The van der Waals surface area contributed by atoms with Crippen molar-refractivity contribution in [1.29, 1.82) is 0 Å². The summed E-state index contributed by atoms with van der Waals surface area (Å²) < 4.78 is 5.59. The highest BCUT2D eigenvalue weighted by Crippen LogP contribution is 2.24. The number of benzene rings is 1. The molecule has 2 rings (SSSR count). The summed E-state index contributed by atoms with van der Waals surface area (Å²) in [4.78, 5) is 12.1. The molecule has 1 aromatic heterocycles. The average molecular weight is 307 g/mol. The van der Waals surface area contributed by atoms with E-state index in [2.05, 4.69) is 6.92 Å². The fraction of sp³-hybridized carbons (Fsp3) is 0.500. The predicted molar refractivity (Wildman–Crippen MR) is 88.2 cm³/mol. The van der Waals surface area contributed by atoms with Crippen LogP contribution in [0.1, 0.15) is 68.8 Å². The number of carbonyl (C=O) groups excluding carboxylic acids is 1. The highest BCUT2D eigenvalue weighted by atomic mass is 35.5. The van der Waals surface area contributed by atoms with Crippen LogP contribution in [0.2, 0.25) is 5.02 Å². The Morgan fingerprint density at radius 3 is 2.52 bits per heavy atom. The smallest absolute Gasteiger partial charge is 0.198 e. The van der Waals surface area contributed by atoms with Crippen LogP contribution in [0.25, 0.3) is 11.0 Å². The van der Waals surface area contributed by atoms with Gasteiger partial charge >= 0.3 is 0 Å². The van der Waals surface area contributed by atoms with Gasteiger partial charge in [0.15, 0.2) is 11.5 Å². The van der Waals surface area contributed by atoms with E-state index >= 15 is 0 Å². The zero-order chi connectivity index (χ0) is 15.1. The van der Waals surface area contributed by atoms with Crippen molar-refractivity contribution >= 4 is 28.4 Å². The SMILES string of the molecule is CCCCCCCCCC(=O)c1cc2cc(Cl)ccc2o1. The summed E-state index contributed by atoms with van der Waals surface area (Å²) in [6.07, 6.45) is 9.06. The second kappa shape index (κ2) is 8.23. The molecule has 0 fully saturated rings. The van der Waals surface area contributed by atoms with E-state index in [-0.39, 0.29) is 5.78 Å². The molecule has 21 heavy (non-hydrogen) atoms. The highest BCUT2D eigenvalue weighted by Gasteiger charge is 2.12. The quantitative estimate of drug-likeness (QED) is 0.396. The van der Waals surface area contributed by atoms with E-state index in [0.717, 1.165) is 23.8 Å². The Labute approximate surface area is 131 Å². The molecule has 0 aliphatic rings. The molecule has 0 radical (unpaired) electrons. The summed E-state index contributed by atoms with van der Waals surface area (Å²) in [6, 6.07) is 7.20. The number of Topliss-reactive ketones (excluding diaryl/α,β-unsaturated/α-hetero) is 1. The second-order valence-electron chi connectivity index (χ2n) is 5.59. The van der Waals surface area contributed by atoms with Gasteiger partial charge in [0, 0.05) is 16.8 Å². The van der Waals surface area contributed by atoms with Crippen molar-refractivity contribution in [2.45, 2.75) is 58.3 Å². The third-order valence-corrected chi connectivity index (χ3v) is 4.00. The number of hydrogen-bond acceptors (Lipinski definition) is 2. The number of halogens is 1. The van der Waals surface area contributed by atoms with Crippen molar-refractivity contribution in [2.24, 2.45) is 0 Å². The molecule has 0 spiro atoms. The zero-order valence-electron chi connectivity index (χ0n) is 12.7. The van der Waals surface area contributed by atoms with Crippen LogP contribution in [0.5, 0.6) is 0 Å². The molecule has 1 aromatic carbocycles. The summed E-state index contributed by atoms with van der Waals surface area (Å²) in [5.41, 5.74) is 0.724. The molecule has 0 saturated carbocycles. The molecule has 0 aliphatic carbocycles. The fourth-order valence-electron chi connectivity index (χ4n) is 2.52. The van der Waals surface area contributed by atoms with E-state index in [1.54, 1.807) is 12.1 Å². The molecule has 2 nitrogen and oxygen atoms in total. The maximum Gasteiger partial charge on any atom is 0.198 e. The zero-order valence-corrected chi connectivity index (χ0v) is 13.4. The van der Waals surface area contributed by atoms with E-state index in [1.165, 1.54) is 32.1 Å². The number of hydrogen-bond donors (Lipinski definition) is 0. The Hall–Kier alpha value is -1.28. The second-order valence-corrected chi connectivity index (χ2v) is 6.02. The summed E-state index contributed by atoms with van der Waals surface area (Å²) in [5.74, 6) is 0.550. The van der Waals surface area contributed by atoms with Gasteiger partial charge in [0.2, 0.25) is 0 Å². The minimum atomic E-state index is 0.0934. The molecular weight excluding hydrogens is 284 g/mol. The fourth-order valence-corrected chi connectivity index (χ4v) is 2.70. The first-order valence-electron chi connectivity index (χ1n) is 7.93. The predicted octanol–water partition coefficient (Wildman–Crippen LogP) is 6.41. The van der Waals surface area contributed by atoms with Crippen molar-refractivity contribution in [3.63, 3.8) is 0 Å². The van der Waals surface area contributed by atoms with E-state index in [9.17, 15) is 4.79 Å². The number of rotatable bonds is 9. The van der Waals surface area contributed by atoms with Gasteiger partial charge in [-0.25, -0.2) is 0 Å². The van der Waals surface area contributed by atoms with Gasteiger partial charge in [0.05, 0.1) is 0 Å². The molecule has 0 bridgehead atoms. The van der Waals surface area contributed by atoms with Gasteiger partial charge in [0.1, 0.15) is 5.58 Å². The molecule has 0 amide bonds.